The standard InChI is InChI=1S/C12H7NO2.C5H11N/c14-11-8-5-1-3-7-4-2-6-9(10(7)8)12(15)13-11;1-2-4-6-5-3-1/h1-6H,(H,13,14,15);6H,1-5H2. The summed E-state index contributed by atoms with van der Waals surface area (Å²) < 4.78 is 0. The predicted molar refractivity (Wildman–Crippen MR) is 82.5 cm³/mol. The van der Waals surface area contributed by atoms with Gasteiger partial charge in [0.1, 0.15) is 0 Å². The molecule has 108 valence electrons. The smallest absolute Gasteiger partial charge is 0.258 e. The monoisotopic (exact) mass is 282 g/mol. The molecule has 2 N–H and O–H groups in total. The summed E-state index contributed by atoms with van der Waals surface area (Å²) in [5, 5.41) is 7.28. The van der Waals surface area contributed by atoms with Crippen LogP contribution in [0.3, 0.4) is 0 Å². The number of piperidine rings is 1. The van der Waals surface area contributed by atoms with E-state index in [4.69, 9.17) is 0 Å². The van der Waals surface area contributed by atoms with Crippen LogP contribution in [0.1, 0.15) is 40.0 Å². The fourth-order valence-corrected chi connectivity index (χ4v) is 2.76. The molecule has 1 fully saturated rings. The van der Waals surface area contributed by atoms with E-state index in [1.807, 2.05) is 24.3 Å². The molecule has 4 rings (SSSR count). The van der Waals surface area contributed by atoms with E-state index in [9.17, 15) is 9.59 Å². The number of hydrogen-bond donors (Lipinski definition) is 2. The van der Waals surface area contributed by atoms with Crippen molar-refractivity contribution < 1.29 is 9.59 Å². The minimum absolute atomic E-state index is 0.315. The van der Waals surface area contributed by atoms with E-state index in [2.05, 4.69) is 10.6 Å². The lowest BCUT2D eigenvalue weighted by atomic mass is 9.95. The molecule has 2 amide bonds. The molecule has 2 aliphatic heterocycles. The molecule has 1 saturated heterocycles. The molecular weight excluding hydrogens is 264 g/mol. The average Bonchev–Trinajstić information content (AvgIpc) is 2.55. The van der Waals surface area contributed by atoms with Crippen molar-refractivity contribution in [2.24, 2.45) is 0 Å². The first-order valence-electron chi connectivity index (χ1n) is 7.35. The van der Waals surface area contributed by atoms with E-state index in [1.54, 1.807) is 12.1 Å². The summed E-state index contributed by atoms with van der Waals surface area (Å²) in [5.74, 6) is -0.631. The van der Waals surface area contributed by atoms with E-state index in [0.717, 1.165) is 10.8 Å². The van der Waals surface area contributed by atoms with E-state index < -0.39 is 0 Å². The van der Waals surface area contributed by atoms with Crippen LogP contribution in [0, 0.1) is 0 Å². The fourth-order valence-electron chi connectivity index (χ4n) is 2.76. The van der Waals surface area contributed by atoms with Gasteiger partial charge in [-0.05, 0) is 43.5 Å². The molecule has 0 bridgehead atoms. The predicted octanol–water partition coefficient (Wildman–Crippen LogP) is 2.48. The lowest BCUT2D eigenvalue weighted by Gasteiger charge is -2.15. The Balaban J connectivity index is 0.000000186. The third-order valence-corrected chi connectivity index (χ3v) is 3.83. The van der Waals surface area contributed by atoms with Crippen molar-refractivity contribution in [3.63, 3.8) is 0 Å². The van der Waals surface area contributed by atoms with Crippen molar-refractivity contribution in [1.29, 1.82) is 0 Å². The van der Waals surface area contributed by atoms with Crippen molar-refractivity contribution in [3.05, 3.63) is 47.5 Å². The van der Waals surface area contributed by atoms with Gasteiger partial charge in [-0.2, -0.15) is 0 Å². The Morgan fingerprint density at radius 2 is 1.33 bits per heavy atom. The van der Waals surface area contributed by atoms with Gasteiger partial charge in [0, 0.05) is 16.5 Å². The highest BCUT2D eigenvalue weighted by Gasteiger charge is 2.23. The second-order valence-corrected chi connectivity index (χ2v) is 5.30. The molecule has 4 nitrogen and oxygen atoms in total. The van der Waals surface area contributed by atoms with Gasteiger partial charge in [0.25, 0.3) is 11.8 Å². The third kappa shape index (κ3) is 2.81. The lowest BCUT2D eigenvalue weighted by Crippen LogP contribution is -2.34. The number of carbonyl (C=O) groups is 2. The number of rotatable bonds is 0. The molecule has 2 aliphatic rings. The minimum Gasteiger partial charge on any atom is -0.317 e. The van der Waals surface area contributed by atoms with Crippen LogP contribution >= 0.6 is 0 Å². The van der Waals surface area contributed by atoms with Gasteiger partial charge in [0.15, 0.2) is 0 Å². The van der Waals surface area contributed by atoms with Gasteiger partial charge in [-0.25, -0.2) is 0 Å². The topological polar surface area (TPSA) is 58.2 Å². The van der Waals surface area contributed by atoms with Gasteiger partial charge in [0.2, 0.25) is 0 Å². The quantitative estimate of drug-likeness (QED) is 0.730. The third-order valence-electron chi connectivity index (χ3n) is 3.83. The maximum absolute atomic E-state index is 11.6. The van der Waals surface area contributed by atoms with Crippen molar-refractivity contribution in [3.8, 4) is 0 Å². The zero-order chi connectivity index (χ0) is 14.7. The van der Waals surface area contributed by atoms with Gasteiger partial charge in [-0.3, -0.25) is 14.9 Å². The van der Waals surface area contributed by atoms with Crippen LogP contribution in [-0.2, 0) is 0 Å². The number of benzene rings is 2. The van der Waals surface area contributed by atoms with Crippen LogP contribution in [0.25, 0.3) is 10.8 Å². The highest BCUT2D eigenvalue weighted by molar-refractivity contribution is 6.25. The zero-order valence-corrected chi connectivity index (χ0v) is 11.8. The van der Waals surface area contributed by atoms with E-state index in [0.29, 0.717) is 11.1 Å². The molecule has 0 radical (unpaired) electrons. The molecule has 2 aromatic rings. The maximum atomic E-state index is 11.6. The van der Waals surface area contributed by atoms with Gasteiger partial charge < -0.3 is 5.32 Å². The Hall–Kier alpha value is -2.20. The lowest BCUT2D eigenvalue weighted by molar-refractivity contribution is 0.0845. The summed E-state index contributed by atoms with van der Waals surface area (Å²) in [6.45, 7) is 2.50. The molecule has 0 aromatic heterocycles. The zero-order valence-electron chi connectivity index (χ0n) is 11.8. The van der Waals surface area contributed by atoms with Crippen LogP contribution in [0.5, 0.6) is 0 Å². The van der Waals surface area contributed by atoms with E-state index in [-0.39, 0.29) is 11.8 Å². The van der Waals surface area contributed by atoms with Crippen molar-refractivity contribution in [1.82, 2.24) is 10.6 Å². The first-order valence-corrected chi connectivity index (χ1v) is 7.35. The Kier molecular flexibility index (Phi) is 3.97. The van der Waals surface area contributed by atoms with Crippen LogP contribution in [0.2, 0.25) is 0 Å². The number of hydrogen-bond acceptors (Lipinski definition) is 3. The second kappa shape index (κ2) is 6.06. The van der Waals surface area contributed by atoms with Crippen LogP contribution in [0.15, 0.2) is 36.4 Å². The first-order chi connectivity index (χ1) is 10.3. The highest BCUT2D eigenvalue weighted by Crippen LogP contribution is 2.25. The van der Waals surface area contributed by atoms with Crippen LogP contribution in [0.4, 0.5) is 0 Å². The van der Waals surface area contributed by atoms with Crippen molar-refractivity contribution >= 4 is 22.6 Å². The van der Waals surface area contributed by atoms with Crippen molar-refractivity contribution in [2.45, 2.75) is 19.3 Å². The molecule has 4 heteroatoms. The van der Waals surface area contributed by atoms with Gasteiger partial charge in [0.05, 0.1) is 0 Å². The molecule has 21 heavy (non-hydrogen) atoms. The Morgan fingerprint density at radius 3 is 1.76 bits per heavy atom. The molecule has 0 spiro atoms. The maximum Gasteiger partial charge on any atom is 0.258 e. The molecule has 2 heterocycles. The summed E-state index contributed by atoms with van der Waals surface area (Å²) in [6, 6.07) is 10.9. The Bertz CT molecular complexity index is 630. The summed E-state index contributed by atoms with van der Waals surface area (Å²) in [6.07, 6.45) is 4.22. The second-order valence-electron chi connectivity index (χ2n) is 5.30. The van der Waals surface area contributed by atoms with Crippen molar-refractivity contribution in [2.75, 3.05) is 13.1 Å². The van der Waals surface area contributed by atoms with Gasteiger partial charge in [-0.15, -0.1) is 0 Å². The SMILES string of the molecule is C1CCNCC1.O=C1NC(=O)c2cccc3cccc1c23. The fraction of sp³-hybridized carbons (Fsp3) is 0.294. The normalized spacial score (nSPS) is 17.0. The van der Waals surface area contributed by atoms with Crippen LogP contribution < -0.4 is 10.6 Å². The first kappa shape index (κ1) is 13.8. The Morgan fingerprint density at radius 1 is 0.762 bits per heavy atom. The largest absolute Gasteiger partial charge is 0.317 e. The molecule has 0 unspecified atom stereocenters. The molecule has 0 aliphatic carbocycles. The van der Waals surface area contributed by atoms with E-state index >= 15 is 0 Å². The average molecular weight is 282 g/mol. The minimum atomic E-state index is -0.315. The molecule has 0 atom stereocenters. The van der Waals surface area contributed by atoms with Crippen LogP contribution in [-0.4, -0.2) is 24.9 Å². The van der Waals surface area contributed by atoms with Gasteiger partial charge >= 0.3 is 0 Å². The molecule has 2 aromatic carbocycles. The highest BCUT2D eigenvalue weighted by atomic mass is 16.2. The molecule has 0 saturated carbocycles. The number of imide groups is 1. The number of nitrogens with one attached hydrogen (secondary N) is 2. The molecular formula is C17H18N2O2. The van der Waals surface area contributed by atoms with E-state index in [1.165, 1.54) is 32.4 Å². The summed E-state index contributed by atoms with van der Waals surface area (Å²) in [7, 11) is 0. The van der Waals surface area contributed by atoms with Gasteiger partial charge in [-0.1, -0.05) is 30.7 Å². The summed E-state index contributed by atoms with van der Waals surface area (Å²) in [4.78, 5) is 23.1. The summed E-state index contributed by atoms with van der Waals surface area (Å²) in [5.41, 5.74) is 1.14. The Labute approximate surface area is 123 Å². The number of carbonyl (C=O) groups excluding carboxylic acids is 2. The number of amides is 2. The summed E-state index contributed by atoms with van der Waals surface area (Å²) >= 11 is 0.